The van der Waals surface area contributed by atoms with Gasteiger partial charge in [0.2, 0.25) is 11.8 Å². The highest BCUT2D eigenvalue weighted by Crippen LogP contribution is 2.25. The molecule has 3 aliphatic rings. The largest absolute Gasteiger partial charge is 0.378 e. The minimum atomic E-state index is -0.221. The van der Waals surface area contributed by atoms with E-state index < -0.39 is 0 Å². The van der Waals surface area contributed by atoms with Crippen molar-refractivity contribution in [2.24, 2.45) is 0 Å². The van der Waals surface area contributed by atoms with Crippen LogP contribution in [-0.4, -0.2) is 72.6 Å². The Hall–Kier alpha value is -1.96. The molecule has 3 aliphatic heterocycles. The molecule has 3 atom stereocenters. The van der Waals surface area contributed by atoms with Gasteiger partial charge in [-0.3, -0.25) is 15.0 Å². The summed E-state index contributed by atoms with van der Waals surface area (Å²) >= 11 is 0. The van der Waals surface area contributed by atoms with Gasteiger partial charge in [-0.15, -0.1) is 0 Å². The molecule has 2 amide bonds. The van der Waals surface area contributed by atoms with Crippen molar-refractivity contribution in [3.8, 4) is 0 Å². The van der Waals surface area contributed by atoms with Gasteiger partial charge in [0.25, 0.3) is 0 Å². The van der Waals surface area contributed by atoms with Crippen molar-refractivity contribution >= 4 is 11.8 Å². The van der Waals surface area contributed by atoms with E-state index in [1.165, 1.54) is 5.56 Å². The standard InChI is InChI=1S/C22H32N4O3/c27-21(10-9-17-6-2-1-3-7-17)26-11-5-4-8-20(26)18-16-19(24-23-18)22(28)25-12-14-29-15-13-25/h1-3,6-7,18-20,23-24H,4-5,8-16H2. The zero-order chi connectivity index (χ0) is 20.1. The van der Waals surface area contributed by atoms with Crippen molar-refractivity contribution < 1.29 is 14.3 Å². The Balaban J connectivity index is 1.33. The molecule has 3 fully saturated rings. The summed E-state index contributed by atoms with van der Waals surface area (Å²) in [4.78, 5) is 29.7. The van der Waals surface area contributed by atoms with Crippen molar-refractivity contribution in [1.29, 1.82) is 0 Å². The number of nitrogens with one attached hydrogen (secondary N) is 2. The maximum atomic E-state index is 13.0. The van der Waals surface area contributed by atoms with Gasteiger partial charge in [0.1, 0.15) is 6.04 Å². The predicted octanol–water partition coefficient (Wildman–Crippen LogP) is 1.09. The summed E-state index contributed by atoms with van der Waals surface area (Å²) in [5, 5.41) is 0. The van der Waals surface area contributed by atoms with E-state index in [2.05, 4.69) is 27.9 Å². The summed E-state index contributed by atoms with van der Waals surface area (Å²) < 4.78 is 5.35. The molecule has 0 radical (unpaired) electrons. The highest BCUT2D eigenvalue weighted by molar-refractivity contribution is 5.82. The van der Waals surface area contributed by atoms with E-state index in [0.29, 0.717) is 32.7 Å². The number of hydrogen-bond donors (Lipinski definition) is 2. The number of amides is 2. The van der Waals surface area contributed by atoms with Crippen molar-refractivity contribution in [2.45, 2.75) is 56.7 Å². The molecule has 158 valence electrons. The van der Waals surface area contributed by atoms with Crippen LogP contribution in [0, 0.1) is 0 Å². The number of piperidine rings is 1. The second-order valence-corrected chi connectivity index (χ2v) is 8.26. The quantitative estimate of drug-likeness (QED) is 0.774. The Morgan fingerprint density at radius 2 is 1.83 bits per heavy atom. The lowest BCUT2D eigenvalue weighted by atomic mass is 9.92. The molecule has 3 unspecified atom stereocenters. The number of hydrazine groups is 1. The summed E-state index contributed by atoms with van der Waals surface area (Å²) in [6.45, 7) is 3.37. The fourth-order valence-corrected chi connectivity index (χ4v) is 4.72. The van der Waals surface area contributed by atoms with Crippen LogP contribution in [0.25, 0.3) is 0 Å². The molecule has 0 aliphatic carbocycles. The summed E-state index contributed by atoms with van der Waals surface area (Å²) in [7, 11) is 0. The second-order valence-electron chi connectivity index (χ2n) is 8.26. The number of benzene rings is 1. The second kappa shape index (κ2) is 9.69. The fraction of sp³-hybridized carbons (Fsp3) is 0.636. The molecule has 1 aromatic rings. The van der Waals surface area contributed by atoms with Gasteiger partial charge < -0.3 is 14.5 Å². The Kier molecular flexibility index (Phi) is 6.79. The number of rotatable bonds is 5. The predicted molar refractivity (Wildman–Crippen MR) is 110 cm³/mol. The lowest BCUT2D eigenvalue weighted by Crippen LogP contribution is -2.53. The third-order valence-electron chi connectivity index (χ3n) is 6.36. The summed E-state index contributed by atoms with van der Waals surface area (Å²) in [5.41, 5.74) is 7.73. The van der Waals surface area contributed by atoms with Gasteiger partial charge in [-0.1, -0.05) is 30.3 Å². The van der Waals surface area contributed by atoms with Crippen LogP contribution < -0.4 is 10.9 Å². The maximum absolute atomic E-state index is 13.0. The number of carbonyl (C=O) groups is 2. The zero-order valence-electron chi connectivity index (χ0n) is 17.0. The highest BCUT2D eigenvalue weighted by atomic mass is 16.5. The fourth-order valence-electron chi connectivity index (χ4n) is 4.72. The minimum absolute atomic E-state index is 0.117. The molecule has 3 heterocycles. The SMILES string of the molecule is O=C(C1CC(C2CCCCN2C(=O)CCc2ccccc2)NN1)N1CCOCC1. The molecule has 2 N–H and O–H groups in total. The van der Waals surface area contributed by atoms with Crippen LogP contribution in [0.3, 0.4) is 0 Å². The van der Waals surface area contributed by atoms with Gasteiger partial charge in [0, 0.05) is 38.1 Å². The lowest BCUT2D eigenvalue weighted by Gasteiger charge is -2.39. The van der Waals surface area contributed by atoms with E-state index >= 15 is 0 Å². The van der Waals surface area contributed by atoms with E-state index in [1.54, 1.807) is 0 Å². The highest BCUT2D eigenvalue weighted by Gasteiger charge is 2.40. The first-order valence-electron chi connectivity index (χ1n) is 10.9. The average molecular weight is 401 g/mol. The number of nitrogens with zero attached hydrogens (tertiary/aromatic N) is 2. The van der Waals surface area contributed by atoms with Crippen LogP contribution in [-0.2, 0) is 20.7 Å². The first-order chi connectivity index (χ1) is 14.2. The van der Waals surface area contributed by atoms with Gasteiger partial charge in [-0.25, -0.2) is 5.43 Å². The molecule has 0 spiro atoms. The van der Waals surface area contributed by atoms with Crippen LogP contribution in [0.1, 0.15) is 37.7 Å². The zero-order valence-corrected chi connectivity index (χ0v) is 17.0. The molecule has 0 aromatic heterocycles. The topological polar surface area (TPSA) is 73.9 Å². The van der Waals surface area contributed by atoms with Crippen LogP contribution in [0.5, 0.6) is 0 Å². The molecule has 0 bridgehead atoms. The smallest absolute Gasteiger partial charge is 0.241 e. The van der Waals surface area contributed by atoms with Gasteiger partial charge in [-0.2, -0.15) is 0 Å². The summed E-state index contributed by atoms with van der Waals surface area (Å²) in [6.07, 6.45) is 5.23. The summed E-state index contributed by atoms with van der Waals surface area (Å²) in [5.74, 6) is 0.365. The average Bonchev–Trinajstić information content (AvgIpc) is 3.28. The van der Waals surface area contributed by atoms with Gasteiger partial charge in [0.15, 0.2) is 0 Å². The Labute approximate surface area is 172 Å². The molecular weight excluding hydrogens is 368 g/mol. The molecule has 7 nitrogen and oxygen atoms in total. The van der Waals surface area contributed by atoms with Crippen LogP contribution in [0.4, 0.5) is 0 Å². The molecule has 1 aromatic carbocycles. The van der Waals surface area contributed by atoms with E-state index in [1.807, 2.05) is 23.1 Å². The molecule has 0 saturated carbocycles. The minimum Gasteiger partial charge on any atom is -0.378 e. The molecule has 4 rings (SSSR count). The molecule has 7 heteroatoms. The number of carbonyl (C=O) groups excluding carboxylic acids is 2. The van der Waals surface area contributed by atoms with Crippen molar-refractivity contribution in [3.05, 3.63) is 35.9 Å². The van der Waals surface area contributed by atoms with Gasteiger partial charge in [0.05, 0.1) is 13.2 Å². The van der Waals surface area contributed by atoms with Crippen LogP contribution >= 0.6 is 0 Å². The number of ether oxygens (including phenoxy) is 1. The molecule has 3 saturated heterocycles. The lowest BCUT2D eigenvalue weighted by molar-refractivity contribution is -0.137. The number of aryl methyl sites for hydroxylation is 1. The Morgan fingerprint density at radius 3 is 2.62 bits per heavy atom. The van der Waals surface area contributed by atoms with Crippen LogP contribution in [0.15, 0.2) is 30.3 Å². The number of hydrogen-bond acceptors (Lipinski definition) is 5. The third kappa shape index (κ3) is 4.97. The number of morpholine rings is 1. The molecule has 29 heavy (non-hydrogen) atoms. The third-order valence-corrected chi connectivity index (χ3v) is 6.36. The van der Waals surface area contributed by atoms with Crippen molar-refractivity contribution in [2.75, 3.05) is 32.8 Å². The van der Waals surface area contributed by atoms with Gasteiger partial charge in [-0.05, 0) is 37.7 Å². The first-order valence-corrected chi connectivity index (χ1v) is 10.9. The van der Waals surface area contributed by atoms with E-state index in [0.717, 1.165) is 38.6 Å². The first kappa shape index (κ1) is 20.3. The van der Waals surface area contributed by atoms with E-state index in [9.17, 15) is 9.59 Å². The molecular formula is C22H32N4O3. The van der Waals surface area contributed by atoms with E-state index in [-0.39, 0.29) is 29.9 Å². The van der Waals surface area contributed by atoms with Crippen molar-refractivity contribution in [3.63, 3.8) is 0 Å². The normalized spacial score (nSPS) is 27.8. The Morgan fingerprint density at radius 1 is 1.03 bits per heavy atom. The maximum Gasteiger partial charge on any atom is 0.241 e. The van der Waals surface area contributed by atoms with Gasteiger partial charge >= 0.3 is 0 Å². The number of likely N-dealkylation sites (tertiary alicyclic amines) is 1. The monoisotopic (exact) mass is 400 g/mol. The van der Waals surface area contributed by atoms with Crippen LogP contribution in [0.2, 0.25) is 0 Å². The summed E-state index contributed by atoms with van der Waals surface area (Å²) in [6, 6.07) is 10.2. The Bertz CT molecular complexity index is 693. The van der Waals surface area contributed by atoms with E-state index in [4.69, 9.17) is 4.74 Å². The van der Waals surface area contributed by atoms with Crippen molar-refractivity contribution in [1.82, 2.24) is 20.7 Å².